The van der Waals surface area contributed by atoms with E-state index in [0.29, 0.717) is 17.0 Å². The summed E-state index contributed by atoms with van der Waals surface area (Å²) in [6.45, 7) is 4.43. The molecule has 1 unspecified atom stereocenters. The highest BCUT2D eigenvalue weighted by molar-refractivity contribution is 9.09. The minimum absolute atomic E-state index is 0.242. The number of carbonyl (C=O) groups excluding carboxylic acids is 1. The van der Waals surface area contributed by atoms with E-state index in [9.17, 15) is 4.79 Å². The Morgan fingerprint density at radius 1 is 1.22 bits per heavy atom. The molecule has 0 aliphatic rings. The van der Waals surface area contributed by atoms with Crippen LogP contribution in [0.5, 0.6) is 0 Å². The van der Waals surface area contributed by atoms with Gasteiger partial charge in [0.15, 0.2) is 0 Å². The number of hydrogen-bond acceptors (Lipinski definition) is 2. The van der Waals surface area contributed by atoms with Crippen LogP contribution in [0.2, 0.25) is 0 Å². The Morgan fingerprint density at radius 2 is 1.89 bits per heavy atom. The van der Waals surface area contributed by atoms with Gasteiger partial charge in [0.1, 0.15) is 0 Å². The van der Waals surface area contributed by atoms with E-state index in [0.717, 1.165) is 12.8 Å². The Kier molecular flexibility index (Phi) is 7.02. The van der Waals surface area contributed by atoms with Gasteiger partial charge >= 0.3 is 5.97 Å². The molecule has 0 radical (unpaired) electrons. The minimum atomic E-state index is -0.242. The summed E-state index contributed by atoms with van der Waals surface area (Å²) >= 11 is 3.68. The highest BCUT2D eigenvalue weighted by atomic mass is 79.9. The fourth-order valence-electron chi connectivity index (χ4n) is 1.80. The molecular formula is C15H21BrO2. The van der Waals surface area contributed by atoms with Crippen molar-refractivity contribution in [3.8, 4) is 0 Å². The summed E-state index contributed by atoms with van der Waals surface area (Å²) in [6.07, 6.45) is 4.59. The van der Waals surface area contributed by atoms with Gasteiger partial charge in [-0.15, -0.1) is 0 Å². The van der Waals surface area contributed by atoms with Gasteiger partial charge in [0.2, 0.25) is 0 Å². The van der Waals surface area contributed by atoms with Crippen molar-refractivity contribution in [1.29, 1.82) is 0 Å². The molecule has 0 aliphatic heterocycles. The molecule has 0 aliphatic carbocycles. The van der Waals surface area contributed by atoms with Gasteiger partial charge in [-0.1, -0.05) is 41.4 Å². The molecule has 2 nitrogen and oxygen atoms in total. The first-order chi connectivity index (χ1) is 8.67. The van der Waals surface area contributed by atoms with Gasteiger partial charge in [0, 0.05) is 4.83 Å². The van der Waals surface area contributed by atoms with Crippen LogP contribution in [0.1, 0.15) is 49.0 Å². The van der Waals surface area contributed by atoms with Gasteiger partial charge in [0.25, 0.3) is 0 Å². The van der Waals surface area contributed by atoms with Crippen LogP contribution in [0.15, 0.2) is 24.3 Å². The Hall–Kier alpha value is -0.830. The summed E-state index contributed by atoms with van der Waals surface area (Å²) in [6, 6.07) is 7.71. The molecule has 3 heteroatoms. The molecule has 18 heavy (non-hydrogen) atoms. The normalized spacial score (nSPS) is 12.2. The van der Waals surface area contributed by atoms with E-state index in [-0.39, 0.29) is 5.97 Å². The summed E-state index contributed by atoms with van der Waals surface area (Å²) in [4.78, 5) is 12.1. The number of rotatable bonds is 7. The summed E-state index contributed by atoms with van der Waals surface area (Å²) < 4.78 is 4.95. The number of esters is 1. The van der Waals surface area contributed by atoms with Gasteiger partial charge in [-0.25, -0.2) is 4.79 Å². The zero-order chi connectivity index (χ0) is 13.4. The molecule has 0 N–H and O–H groups in total. The van der Waals surface area contributed by atoms with Gasteiger partial charge in [-0.3, -0.25) is 0 Å². The van der Waals surface area contributed by atoms with Crippen molar-refractivity contribution in [3.63, 3.8) is 0 Å². The summed E-state index contributed by atoms with van der Waals surface area (Å²) in [5.41, 5.74) is 1.90. The predicted molar refractivity (Wildman–Crippen MR) is 78.3 cm³/mol. The quantitative estimate of drug-likeness (QED) is 0.552. The lowest BCUT2D eigenvalue weighted by Gasteiger charge is -2.08. The Bertz CT molecular complexity index is 359. The first-order valence-electron chi connectivity index (χ1n) is 6.57. The van der Waals surface area contributed by atoms with Crippen molar-refractivity contribution >= 4 is 21.9 Å². The second-order valence-electron chi connectivity index (χ2n) is 4.34. The second kappa shape index (κ2) is 8.30. The number of alkyl halides is 1. The lowest BCUT2D eigenvalue weighted by Crippen LogP contribution is -2.04. The van der Waals surface area contributed by atoms with Gasteiger partial charge in [-0.2, -0.15) is 0 Å². The van der Waals surface area contributed by atoms with Crippen LogP contribution in [-0.4, -0.2) is 17.4 Å². The fraction of sp³-hybridized carbons (Fsp3) is 0.533. The summed E-state index contributed by atoms with van der Waals surface area (Å²) in [5, 5.41) is 0. The van der Waals surface area contributed by atoms with E-state index < -0.39 is 0 Å². The van der Waals surface area contributed by atoms with Gasteiger partial charge < -0.3 is 4.74 Å². The SMILES string of the molecule is CCCC(Br)CCc1ccc(C(=O)OCC)cc1. The number of aryl methyl sites for hydroxylation is 1. The first-order valence-corrected chi connectivity index (χ1v) is 7.49. The Balaban J connectivity index is 2.47. The predicted octanol–water partition coefficient (Wildman–Crippen LogP) is 4.36. The Morgan fingerprint density at radius 3 is 2.44 bits per heavy atom. The van der Waals surface area contributed by atoms with Crippen molar-refractivity contribution < 1.29 is 9.53 Å². The highest BCUT2D eigenvalue weighted by Gasteiger charge is 2.07. The van der Waals surface area contributed by atoms with Crippen molar-refractivity contribution in [2.75, 3.05) is 6.61 Å². The third-order valence-corrected chi connectivity index (χ3v) is 3.73. The Labute approximate surface area is 118 Å². The average Bonchev–Trinajstić information content (AvgIpc) is 2.37. The van der Waals surface area contributed by atoms with Gasteiger partial charge in [0.05, 0.1) is 12.2 Å². The van der Waals surface area contributed by atoms with E-state index in [1.54, 1.807) is 0 Å². The third-order valence-electron chi connectivity index (χ3n) is 2.81. The molecule has 1 atom stereocenters. The maximum absolute atomic E-state index is 11.5. The number of ether oxygens (including phenoxy) is 1. The molecule has 100 valence electrons. The number of benzene rings is 1. The van der Waals surface area contributed by atoms with E-state index in [2.05, 4.69) is 22.9 Å². The first kappa shape index (κ1) is 15.2. The zero-order valence-electron chi connectivity index (χ0n) is 11.1. The maximum atomic E-state index is 11.5. The molecule has 0 heterocycles. The zero-order valence-corrected chi connectivity index (χ0v) is 12.7. The number of halogens is 1. The van der Waals surface area contributed by atoms with Gasteiger partial charge in [-0.05, 0) is 43.9 Å². The lowest BCUT2D eigenvalue weighted by molar-refractivity contribution is 0.0526. The molecule has 1 aromatic carbocycles. The van der Waals surface area contributed by atoms with Crippen molar-refractivity contribution in [3.05, 3.63) is 35.4 Å². The third kappa shape index (κ3) is 5.21. The van der Waals surface area contributed by atoms with E-state index in [1.165, 1.54) is 18.4 Å². The fourth-order valence-corrected chi connectivity index (χ4v) is 2.49. The van der Waals surface area contributed by atoms with Crippen LogP contribution < -0.4 is 0 Å². The number of carbonyl (C=O) groups is 1. The van der Waals surface area contributed by atoms with Crippen molar-refractivity contribution in [2.45, 2.75) is 44.4 Å². The highest BCUT2D eigenvalue weighted by Crippen LogP contribution is 2.16. The molecule has 1 aromatic rings. The smallest absolute Gasteiger partial charge is 0.338 e. The average molecular weight is 313 g/mol. The molecule has 1 rings (SSSR count). The molecule has 0 bridgehead atoms. The van der Waals surface area contributed by atoms with Crippen LogP contribution in [-0.2, 0) is 11.2 Å². The van der Waals surface area contributed by atoms with E-state index >= 15 is 0 Å². The topological polar surface area (TPSA) is 26.3 Å². The summed E-state index contributed by atoms with van der Waals surface area (Å²) in [7, 11) is 0. The van der Waals surface area contributed by atoms with Crippen molar-refractivity contribution in [1.82, 2.24) is 0 Å². The van der Waals surface area contributed by atoms with Crippen LogP contribution in [0, 0.1) is 0 Å². The lowest BCUT2D eigenvalue weighted by atomic mass is 10.0. The van der Waals surface area contributed by atoms with Crippen LogP contribution >= 0.6 is 15.9 Å². The molecule has 0 saturated carbocycles. The molecule has 0 fully saturated rings. The monoisotopic (exact) mass is 312 g/mol. The maximum Gasteiger partial charge on any atom is 0.338 e. The molecular weight excluding hydrogens is 292 g/mol. The molecule has 0 amide bonds. The van der Waals surface area contributed by atoms with Crippen molar-refractivity contribution in [2.24, 2.45) is 0 Å². The van der Waals surface area contributed by atoms with Crippen LogP contribution in [0.25, 0.3) is 0 Å². The van der Waals surface area contributed by atoms with E-state index in [4.69, 9.17) is 4.74 Å². The largest absolute Gasteiger partial charge is 0.462 e. The molecule has 0 saturated heterocycles. The molecule has 0 spiro atoms. The summed E-state index contributed by atoms with van der Waals surface area (Å²) in [5.74, 6) is -0.242. The second-order valence-corrected chi connectivity index (χ2v) is 5.64. The number of hydrogen-bond donors (Lipinski definition) is 0. The van der Waals surface area contributed by atoms with Crippen LogP contribution in [0.3, 0.4) is 0 Å². The standard InChI is InChI=1S/C15H21BrO2/c1-3-5-14(16)11-8-12-6-9-13(10-7-12)15(17)18-4-2/h6-7,9-10,14H,3-5,8,11H2,1-2H3. The molecule has 0 aromatic heterocycles. The van der Waals surface area contributed by atoms with Crippen LogP contribution in [0.4, 0.5) is 0 Å². The minimum Gasteiger partial charge on any atom is -0.462 e. The van der Waals surface area contributed by atoms with E-state index in [1.807, 2.05) is 31.2 Å².